The lowest BCUT2D eigenvalue weighted by Gasteiger charge is -2.11. The molecule has 0 fully saturated rings. The van der Waals surface area contributed by atoms with Crippen molar-refractivity contribution in [1.29, 1.82) is 5.26 Å². The third kappa shape index (κ3) is 2.70. The summed E-state index contributed by atoms with van der Waals surface area (Å²) in [5.74, 6) is -1.64. The Morgan fingerprint density at radius 1 is 1.43 bits per heavy atom. The Morgan fingerprint density at radius 2 is 2.14 bits per heavy atom. The lowest BCUT2D eigenvalue weighted by molar-refractivity contribution is 0.225. The molecule has 0 heterocycles. The Labute approximate surface area is 80.7 Å². The van der Waals surface area contributed by atoms with E-state index >= 15 is 0 Å². The van der Waals surface area contributed by atoms with Crippen molar-refractivity contribution in [3.63, 3.8) is 0 Å². The van der Waals surface area contributed by atoms with Crippen LogP contribution in [0, 0.1) is 23.0 Å². The van der Waals surface area contributed by atoms with Crippen LogP contribution in [0.3, 0.4) is 0 Å². The molecule has 0 amide bonds. The van der Waals surface area contributed by atoms with Crippen molar-refractivity contribution in [2.75, 3.05) is 0 Å². The lowest BCUT2D eigenvalue weighted by atomic mass is 10.3. The molecule has 0 aromatic heterocycles. The van der Waals surface area contributed by atoms with Crippen LogP contribution in [0.5, 0.6) is 5.75 Å². The predicted octanol–water partition coefficient (Wildman–Crippen LogP) is 2.65. The van der Waals surface area contributed by atoms with E-state index in [-0.39, 0.29) is 18.3 Å². The van der Waals surface area contributed by atoms with Crippen LogP contribution in [0.15, 0.2) is 18.2 Å². The second-order valence-electron chi connectivity index (χ2n) is 2.87. The normalized spacial score (nSPS) is 11.9. The second-order valence-corrected chi connectivity index (χ2v) is 2.87. The van der Waals surface area contributed by atoms with Gasteiger partial charge in [-0.15, -0.1) is 0 Å². The molecule has 1 unspecified atom stereocenters. The van der Waals surface area contributed by atoms with E-state index in [1.54, 1.807) is 6.92 Å². The Kier molecular flexibility index (Phi) is 3.41. The van der Waals surface area contributed by atoms with Crippen LogP contribution in [0.25, 0.3) is 0 Å². The molecule has 1 aromatic carbocycles. The summed E-state index contributed by atoms with van der Waals surface area (Å²) >= 11 is 0. The first-order valence-corrected chi connectivity index (χ1v) is 4.12. The van der Waals surface area contributed by atoms with E-state index in [2.05, 4.69) is 0 Å². The van der Waals surface area contributed by atoms with Gasteiger partial charge in [0, 0.05) is 6.07 Å². The molecular formula is C10H9F2NO. The molecule has 1 aromatic rings. The molecule has 1 atom stereocenters. The average molecular weight is 197 g/mol. The van der Waals surface area contributed by atoms with Gasteiger partial charge in [0.05, 0.1) is 12.5 Å². The summed E-state index contributed by atoms with van der Waals surface area (Å²) < 4.78 is 30.4. The molecule has 1 rings (SSSR count). The maximum Gasteiger partial charge on any atom is 0.162 e. The highest BCUT2D eigenvalue weighted by atomic mass is 19.2. The van der Waals surface area contributed by atoms with Gasteiger partial charge in [0.1, 0.15) is 11.9 Å². The molecule has 0 aliphatic rings. The van der Waals surface area contributed by atoms with Crippen molar-refractivity contribution in [2.45, 2.75) is 19.4 Å². The van der Waals surface area contributed by atoms with Crippen LogP contribution in [0.4, 0.5) is 8.78 Å². The minimum atomic E-state index is -0.952. The zero-order valence-electron chi connectivity index (χ0n) is 7.63. The first kappa shape index (κ1) is 10.5. The van der Waals surface area contributed by atoms with Crippen LogP contribution in [-0.2, 0) is 0 Å². The highest BCUT2D eigenvalue weighted by Crippen LogP contribution is 2.17. The van der Waals surface area contributed by atoms with Gasteiger partial charge < -0.3 is 4.74 Å². The fraction of sp³-hybridized carbons (Fsp3) is 0.300. The summed E-state index contributed by atoms with van der Waals surface area (Å²) in [6, 6.07) is 5.20. The van der Waals surface area contributed by atoms with Crippen LogP contribution in [0.1, 0.15) is 13.3 Å². The van der Waals surface area contributed by atoms with Crippen molar-refractivity contribution >= 4 is 0 Å². The first-order chi connectivity index (χ1) is 6.63. The minimum Gasteiger partial charge on any atom is -0.490 e. The molecule has 0 bridgehead atoms. The van der Waals surface area contributed by atoms with E-state index in [1.807, 2.05) is 6.07 Å². The predicted molar refractivity (Wildman–Crippen MR) is 46.7 cm³/mol. The average Bonchev–Trinajstić information content (AvgIpc) is 2.12. The van der Waals surface area contributed by atoms with Crippen molar-refractivity contribution in [3.05, 3.63) is 29.8 Å². The lowest BCUT2D eigenvalue weighted by Crippen LogP contribution is -2.10. The monoisotopic (exact) mass is 197 g/mol. The van der Waals surface area contributed by atoms with Gasteiger partial charge in [-0.2, -0.15) is 5.26 Å². The molecule has 0 aliphatic carbocycles. The van der Waals surface area contributed by atoms with Crippen molar-refractivity contribution in [1.82, 2.24) is 0 Å². The Bertz CT molecular complexity index is 360. The summed E-state index contributed by atoms with van der Waals surface area (Å²) in [5, 5.41) is 8.35. The maximum atomic E-state index is 12.7. The van der Waals surface area contributed by atoms with E-state index in [0.717, 1.165) is 12.1 Å². The number of rotatable bonds is 3. The zero-order valence-corrected chi connectivity index (χ0v) is 7.63. The topological polar surface area (TPSA) is 33.0 Å². The standard InChI is InChI=1S/C10H9F2NO/c1-7(4-5-13)14-8-2-3-9(11)10(12)6-8/h2-3,6-7H,4H2,1H3. The number of benzene rings is 1. The van der Waals surface area contributed by atoms with E-state index in [9.17, 15) is 8.78 Å². The van der Waals surface area contributed by atoms with Crippen LogP contribution in [0.2, 0.25) is 0 Å². The molecule has 2 nitrogen and oxygen atoms in total. The molecule has 0 radical (unpaired) electrons. The van der Waals surface area contributed by atoms with Gasteiger partial charge in [-0.25, -0.2) is 8.78 Å². The quantitative estimate of drug-likeness (QED) is 0.746. The van der Waals surface area contributed by atoms with Crippen molar-refractivity contribution in [2.24, 2.45) is 0 Å². The van der Waals surface area contributed by atoms with Gasteiger partial charge >= 0.3 is 0 Å². The number of ether oxygens (including phenoxy) is 1. The molecular weight excluding hydrogens is 188 g/mol. The molecule has 0 N–H and O–H groups in total. The largest absolute Gasteiger partial charge is 0.490 e. The Hall–Kier alpha value is -1.63. The summed E-state index contributed by atoms with van der Waals surface area (Å²) in [4.78, 5) is 0. The van der Waals surface area contributed by atoms with Gasteiger partial charge in [0.15, 0.2) is 11.6 Å². The highest BCUT2D eigenvalue weighted by Gasteiger charge is 2.06. The van der Waals surface area contributed by atoms with E-state index < -0.39 is 11.6 Å². The molecule has 0 aliphatic heterocycles. The van der Waals surface area contributed by atoms with Gasteiger partial charge in [-0.05, 0) is 19.1 Å². The highest BCUT2D eigenvalue weighted by molar-refractivity contribution is 5.23. The third-order valence-corrected chi connectivity index (χ3v) is 1.61. The first-order valence-electron chi connectivity index (χ1n) is 4.12. The SMILES string of the molecule is CC(CC#N)Oc1ccc(F)c(F)c1. The van der Waals surface area contributed by atoms with Crippen molar-refractivity contribution in [3.8, 4) is 11.8 Å². The minimum absolute atomic E-state index is 0.207. The van der Waals surface area contributed by atoms with Crippen molar-refractivity contribution < 1.29 is 13.5 Å². The van der Waals surface area contributed by atoms with Gasteiger partial charge in [-0.3, -0.25) is 0 Å². The van der Waals surface area contributed by atoms with E-state index in [4.69, 9.17) is 10.00 Å². The Morgan fingerprint density at radius 3 is 2.71 bits per heavy atom. The van der Waals surface area contributed by atoms with Gasteiger partial charge in [0.2, 0.25) is 0 Å². The van der Waals surface area contributed by atoms with Crippen LogP contribution < -0.4 is 4.74 Å². The van der Waals surface area contributed by atoms with Crippen LogP contribution in [-0.4, -0.2) is 6.10 Å². The number of hydrogen-bond donors (Lipinski definition) is 0. The van der Waals surface area contributed by atoms with Gasteiger partial charge in [0.25, 0.3) is 0 Å². The molecule has 74 valence electrons. The molecule has 0 saturated heterocycles. The fourth-order valence-corrected chi connectivity index (χ4v) is 0.953. The number of nitrogens with zero attached hydrogens (tertiary/aromatic N) is 1. The number of halogens is 2. The summed E-state index contributed by atoms with van der Waals surface area (Å²) in [6.07, 6.45) is -0.121. The zero-order chi connectivity index (χ0) is 10.6. The number of nitriles is 1. The molecule has 4 heteroatoms. The maximum absolute atomic E-state index is 12.7. The summed E-state index contributed by atoms with van der Waals surface area (Å²) in [6.45, 7) is 1.69. The fourth-order valence-electron chi connectivity index (χ4n) is 0.953. The van der Waals surface area contributed by atoms with E-state index in [0.29, 0.717) is 0 Å². The van der Waals surface area contributed by atoms with Crippen LogP contribution >= 0.6 is 0 Å². The molecule has 0 spiro atoms. The smallest absolute Gasteiger partial charge is 0.162 e. The summed E-state index contributed by atoms with van der Waals surface area (Å²) in [5.41, 5.74) is 0. The second kappa shape index (κ2) is 4.56. The Balaban J connectivity index is 2.69. The molecule has 0 saturated carbocycles. The van der Waals surface area contributed by atoms with E-state index in [1.165, 1.54) is 6.07 Å². The summed E-state index contributed by atoms with van der Waals surface area (Å²) in [7, 11) is 0. The number of hydrogen-bond acceptors (Lipinski definition) is 2. The third-order valence-electron chi connectivity index (χ3n) is 1.61. The van der Waals surface area contributed by atoms with Gasteiger partial charge in [-0.1, -0.05) is 0 Å². The molecule has 14 heavy (non-hydrogen) atoms.